The average Bonchev–Trinajstić information content (AvgIpc) is 2.39. The predicted octanol–water partition coefficient (Wildman–Crippen LogP) is 3.57. The molecule has 2 rings (SSSR count). The molecule has 0 bridgehead atoms. The number of aliphatic hydroxyl groups is 1. The van der Waals surface area contributed by atoms with E-state index in [-0.39, 0.29) is 11.5 Å². The van der Waals surface area contributed by atoms with Gasteiger partial charge in [0, 0.05) is 12.0 Å². The highest BCUT2D eigenvalue weighted by Crippen LogP contribution is 2.23. The smallest absolute Gasteiger partial charge is 0.372 e. The number of benzene rings is 2. The fourth-order valence-electron chi connectivity index (χ4n) is 1.73. The van der Waals surface area contributed by atoms with Crippen LogP contribution in [0.2, 0.25) is 0 Å². The zero-order valence-electron chi connectivity index (χ0n) is 10.4. The number of ketones is 1. The van der Waals surface area contributed by atoms with Crippen LogP contribution in [0, 0.1) is 0 Å². The van der Waals surface area contributed by atoms with E-state index in [2.05, 4.69) is 0 Å². The molecular formula is C15H12Cl2O3. The molecule has 2 aromatic carbocycles. The minimum atomic E-state index is -2.28. The van der Waals surface area contributed by atoms with Crippen LogP contribution in [0.15, 0.2) is 54.6 Å². The van der Waals surface area contributed by atoms with Gasteiger partial charge in [0.1, 0.15) is 5.75 Å². The molecule has 0 unspecified atom stereocenters. The molecule has 2 aromatic rings. The summed E-state index contributed by atoms with van der Waals surface area (Å²) in [6.45, 7) is 0. The first-order valence-electron chi connectivity index (χ1n) is 5.90. The predicted molar refractivity (Wildman–Crippen MR) is 78.2 cm³/mol. The molecule has 0 aliphatic rings. The molecule has 1 N–H and O–H groups in total. The largest absolute Gasteiger partial charge is 0.437 e. The highest BCUT2D eigenvalue weighted by Gasteiger charge is 2.21. The fraction of sp³-hybridized carbons (Fsp3) is 0.133. The first-order chi connectivity index (χ1) is 9.44. The van der Waals surface area contributed by atoms with Crippen molar-refractivity contribution in [1.82, 2.24) is 0 Å². The lowest BCUT2D eigenvalue weighted by Crippen LogP contribution is -2.20. The van der Waals surface area contributed by atoms with Crippen molar-refractivity contribution in [1.29, 1.82) is 0 Å². The van der Waals surface area contributed by atoms with Gasteiger partial charge in [-0.1, -0.05) is 30.3 Å². The molecule has 0 fully saturated rings. The molecule has 0 atom stereocenters. The normalized spacial score (nSPS) is 11.2. The summed E-state index contributed by atoms with van der Waals surface area (Å²) in [7, 11) is 0. The molecule has 20 heavy (non-hydrogen) atoms. The van der Waals surface area contributed by atoms with Crippen LogP contribution in [0.5, 0.6) is 5.75 Å². The monoisotopic (exact) mass is 310 g/mol. The Bertz CT molecular complexity index is 574. The van der Waals surface area contributed by atoms with Crippen molar-refractivity contribution in [3.05, 3.63) is 65.7 Å². The Kier molecular flexibility index (Phi) is 4.65. The number of Topliss-reactive ketones (excluding diaryl/α,β-unsaturated/α-hetero) is 1. The summed E-state index contributed by atoms with van der Waals surface area (Å²) in [5.41, 5.74) is 1.50. The third kappa shape index (κ3) is 4.53. The molecule has 0 aliphatic heterocycles. The Morgan fingerprint density at radius 3 is 2.20 bits per heavy atom. The maximum Gasteiger partial charge on any atom is 0.372 e. The maximum absolute atomic E-state index is 12.1. The number of rotatable bonds is 5. The van der Waals surface area contributed by atoms with Gasteiger partial charge in [-0.05, 0) is 53.0 Å². The molecule has 5 heteroatoms. The second-order valence-corrected chi connectivity index (χ2v) is 5.42. The molecular weight excluding hydrogens is 299 g/mol. The zero-order chi connectivity index (χ0) is 14.6. The minimum absolute atomic E-state index is 0.00485. The highest BCUT2D eigenvalue weighted by atomic mass is 35.5. The van der Waals surface area contributed by atoms with E-state index in [9.17, 15) is 4.79 Å². The van der Waals surface area contributed by atoms with Crippen LogP contribution in [-0.2, 0) is 6.42 Å². The number of carbonyl (C=O) groups is 1. The van der Waals surface area contributed by atoms with E-state index in [1.807, 2.05) is 30.3 Å². The second kappa shape index (κ2) is 6.27. The first kappa shape index (κ1) is 14.9. The van der Waals surface area contributed by atoms with Gasteiger partial charge in [-0.3, -0.25) is 4.79 Å². The summed E-state index contributed by atoms with van der Waals surface area (Å²) in [5.74, 6) is 0.267. The van der Waals surface area contributed by atoms with Gasteiger partial charge in [-0.25, -0.2) is 0 Å². The van der Waals surface area contributed by atoms with Crippen molar-refractivity contribution in [3.8, 4) is 5.75 Å². The molecule has 0 saturated carbocycles. The molecule has 104 valence electrons. The lowest BCUT2D eigenvalue weighted by molar-refractivity contribution is 0.0143. The van der Waals surface area contributed by atoms with E-state index in [0.717, 1.165) is 5.56 Å². The van der Waals surface area contributed by atoms with Crippen molar-refractivity contribution >= 4 is 29.0 Å². The van der Waals surface area contributed by atoms with Gasteiger partial charge >= 0.3 is 4.71 Å². The van der Waals surface area contributed by atoms with Crippen molar-refractivity contribution < 1.29 is 14.6 Å². The van der Waals surface area contributed by atoms with Gasteiger partial charge in [-0.2, -0.15) is 0 Å². The van der Waals surface area contributed by atoms with E-state index in [4.69, 9.17) is 33.0 Å². The van der Waals surface area contributed by atoms with Gasteiger partial charge in [0.2, 0.25) is 0 Å². The summed E-state index contributed by atoms with van der Waals surface area (Å²) in [6.07, 6.45) is 0.329. The number of hydrogen-bond acceptors (Lipinski definition) is 3. The lowest BCUT2D eigenvalue weighted by atomic mass is 10.0. The number of carbonyl (C=O) groups excluding carboxylic acids is 1. The van der Waals surface area contributed by atoms with Crippen molar-refractivity contribution in [2.45, 2.75) is 11.1 Å². The molecule has 0 saturated heterocycles. The minimum Gasteiger partial charge on any atom is -0.437 e. The van der Waals surface area contributed by atoms with E-state index in [1.54, 1.807) is 12.1 Å². The topological polar surface area (TPSA) is 46.5 Å². The number of halogens is 2. The Morgan fingerprint density at radius 1 is 1.05 bits per heavy atom. The molecule has 0 radical (unpaired) electrons. The van der Waals surface area contributed by atoms with E-state index in [0.29, 0.717) is 12.0 Å². The van der Waals surface area contributed by atoms with Crippen LogP contribution >= 0.6 is 23.2 Å². The van der Waals surface area contributed by atoms with E-state index >= 15 is 0 Å². The maximum atomic E-state index is 12.1. The Morgan fingerprint density at radius 2 is 1.65 bits per heavy atom. The highest BCUT2D eigenvalue weighted by molar-refractivity contribution is 6.45. The van der Waals surface area contributed by atoms with E-state index in [1.165, 1.54) is 12.1 Å². The van der Waals surface area contributed by atoms with Crippen LogP contribution in [0.4, 0.5) is 0 Å². The standard InChI is InChI=1S/C15H12Cl2O3/c16-15(17,19)20-13-8-6-12(7-9-13)14(18)10-11-4-2-1-3-5-11/h1-9,19H,10H2. The third-order valence-corrected chi connectivity index (χ3v) is 2.78. The number of ether oxygens (including phenoxy) is 1. The van der Waals surface area contributed by atoms with Gasteiger partial charge in [0.05, 0.1) is 0 Å². The average molecular weight is 311 g/mol. The summed E-state index contributed by atoms with van der Waals surface area (Å²) in [5, 5.41) is 9.09. The van der Waals surface area contributed by atoms with Crippen LogP contribution in [0.1, 0.15) is 15.9 Å². The number of hydrogen-bond donors (Lipinski definition) is 1. The Hall–Kier alpha value is -1.55. The molecule has 0 spiro atoms. The van der Waals surface area contributed by atoms with Crippen LogP contribution < -0.4 is 4.74 Å². The second-order valence-electron chi connectivity index (χ2n) is 4.20. The van der Waals surface area contributed by atoms with Crippen molar-refractivity contribution in [3.63, 3.8) is 0 Å². The van der Waals surface area contributed by atoms with Gasteiger partial charge in [0.15, 0.2) is 5.78 Å². The van der Waals surface area contributed by atoms with E-state index < -0.39 is 4.71 Å². The first-order valence-corrected chi connectivity index (χ1v) is 6.66. The summed E-state index contributed by atoms with van der Waals surface area (Å²) >= 11 is 10.6. The Balaban J connectivity index is 2.04. The fourth-order valence-corrected chi connectivity index (χ4v) is 1.91. The van der Waals surface area contributed by atoms with Crippen molar-refractivity contribution in [2.75, 3.05) is 0 Å². The van der Waals surface area contributed by atoms with Crippen LogP contribution in [-0.4, -0.2) is 15.6 Å². The van der Waals surface area contributed by atoms with Crippen LogP contribution in [0.25, 0.3) is 0 Å². The van der Waals surface area contributed by atoms with Crippen molar-refractivity contribution in [2.24, 2.45) is 0 Å². The third-order valence-electron chi connectivity index (χ3n) is 2.62. The Labute approximate surface area is 126 Å². The summed E-state index contributed by atoms with van der Waals surface area (Å²) in [4.78, 5) is 12.1. The summed E-state index contributed by atoms with van der Waals surface area (Å²) in [6, 6.07) is 15.7. The zero-order valence-corrected chi connectivity index (χ0v) is 11.9. The molecule has 0 aliphatic carbocycles. The lowest BCUT2D eigenvalue weighted by Gasteiger charge is -2.14. The van der Waals surface area contributed by atoms with Gasteiger partial charge < -0.3 is 9.84 Å². The SMILES string of the molecule is O=C(Cc1ccccc1)c1ccc(OC(O)(Cl)Cl)cc1. The number of alkyl halides is 2. The summed E-state index contributed by atoms with van der Waals surface area (Å²) < 4.78 is 2.55. The molecule has 3 nitrogen and oxygen atoms in total. The van der Waals surface area contributed by atoms with Crippen LogP contribution in [0.3, 0.4) is 0 Å². The molecule has 0 heterocycles. The quantitative estimate of drug-likeness (QED) is 0.521. The molecule has 0 amide bonds. The van der Waals surface area contributed by atoms with Gasteiger partial charge in [-0.15, -0.1) is 0 Å². The molecule has 0 aromatic heterocycles. The van der Waals surface area contributed by atoms with Gasteiger partial charge in [0.25, 0.3) is 0 Å².